The van der Waals surface area contributed by atoms with Gasteiger partial charge in [0, 0.05) is 12.2 Å². The molecule has 0 saturated heterocycles. The molecule has 6 nitrogen and oxygen atoms in total. The van der Waals surface area contributed by atoms with Gasteiger partial charge in [-0.15, -0.1) is 0 Å². The summed E-state index contributed by atoms with van der Waals surface area (Å²) in [5.41, 5.74) is 0.628. The number of carbonyl (C=O) groups is 1. The van der Waals surface area contributed by atoms with Crippen molar-refractivity contribution in [2.75, 3.05) is 18.4 Å². The number of nitrogens with one attached hydrogen (secondary N) is 3. The predicted octanol–water partition coefficient (Wildman–Crippen LogP) is 0.459. The summed E-state index contributed by atoms with van der Waals surface area (Å²) in [6.45, 7) is 1.90. The van der Waals surface area contributed by atoms with Gasteiger partial charge in [0.15, 0.2) is 0 Å². The molecule has 0 radical (unpaired) electrons. The van der Waals surface area contributed by atoms with Crippen LogP contribution in [0.15, 0.2) is 30.3 Å². The first-order valence-electron chi connectivity index (χ1n) is 5.62. The number of hydrogen-bond donors (Lipinski definition) is 3. The maximum atomic E-state index is 11.5. The zero-order chi connectivity index (χ0) is 13.4. The maximum Gasteiger partial charge on any atom is 0.277 e. The zero-order valence-electron chi connectivity index (χ0n) is 10.1. The highest BCUT2D eigenvalue weighted by Crippen LogP contribution is 2.03. The molecule has 0 aliphatic heterocycles. The van der Waals surface area contributed by atoms with Gasteiger partial charge < -0.3 is 5.32 Å². The smallest absolute Gasteiger partial charge is 0.277 e. The summed E-state index contributed by atoms with van der Waals surface area (Å²) in [6, 6.07) is 8.83. The van der Waals surface area contributed by atoms with Crippen LogP contribution in [0.3, 0.4) is 0 Å². The lowest BCUT2D eigenvalue weighted by Gasteiger charge is -2.08. The second-order valence-electron chi connectivity index (χ2n) is 3.63. The second-order valence-corrected chi connectivity index (χ2v) is 5.22. The van der Waals surface area contributed by atoms with Crippen molar-refractivity contribution in [1.29, 1.82) is 0 Å². The number of para-hydroxylation sites is 1. The Morgan fingerprint density at radius 3 is 2.44 bits per heavy atom. The van der Waals surface area contributed by atoms with Crippen LogP contribution in [0, 0.1) is 0 Å². The van der Waals surface area contributed by atoms with Crippen LogP contribution >= 0.6 is 0 Å². The summed E-state index contributed by atoms with van der Waals surface area (Å²) >= 11 is 0. The Kier molecular flexibility index (Phi) is 5.76. The summed E-state index contributed by atoms with van der Waals surface area (Å²) in [4.78, 5) is 11.5. The van der Waals surface area contributed by atoms with Gasteiger partial charge in [-0.3, -0.25) is 4.79 Å². The fourth-order valence-corrected chi connectivity index (χ4v) is 2.07. The third-order valence-electron chi connectivity index (χ3n) is 2.02. The molecule has 7 heteroatoms. The van der Waals surface area contributed by atoms with Crippen LogP contribution in [0.4, 0.5) is 5.69 Å². The van der Waals surface area contributed by atoms with Crippen LogP contribution in [0.25, 0.3) is 0 Å². The van der Waals surface area contributed by atoms with E-state index in [2.05, 4.69) is 14.8 Å². The molecule has 0 unspecified atom stereocenters. The van der Waals surface area contributed by atoms with Crippen molar-refractivity contribution in [3.8, 4) is 0 Å². The Morgan fingerprint density at radius 2 is 1.83 bits per heavy atom. The van der Waals surface area contributed by atoms with E-state index in [0.29, 0.717) is 18.7 Å². The highest BCUT2D eigenvalue weighted by atomic mass is 32.2. The largest absolute Gasteiger partial charge is 0.325 e. The minimum absolute atomic E-state index is 0.298. The molecule has 1 rings (SSSR count). The lowest BCUT2D eigenvalue weighted by molar-refractivity contribution is -0.115. The van der Waals surface area contributed by atoms with E-state index in [4.69, 9.17) is 0 Å². The number of hydrogen-bond acceptors (Lipinski definition) is 3. The predicted molar refractivity (Wildman–Crippen MR) is 70.3 cm³/mol. The van der Waals surface area contributed by atoms with Crippen LogP contribution < -0.4 is 14.8 Å². The fraction of sp³-hybridized carbons (Fsp3) is 0.364. The molecule has 0 fully saturated rings. The normalized spacial score (nSPS) is 11.2. The molecular formula is C11H17N3O3S. The zero-order valence-corrected chi connectivity index (χ0v) is 11.0. The Labute approximate surface area is 107 Å². The van der Waals surface area contributed by atoms with Gasteiger partial charge in [-0.25, -0.2) is 4.72 Å². The van der Waals surface area contributed by atoms with E-state index < -0.39 is 16.1 Å². The lowest BCUT2D eigenvalue weighted by atomic mass is 10.3. The first kappa shape index (κ1) is 14.6. The van der Waals surface area contributed by atoms with Crippen LogP contribution in [0.2, 0.25) is 0 Å². The monoisotopic (exact) mass is 271 g/mol. The van der Waals surface area contributed by atoms with Crippen LogP contribution in [0.5, 0.6) is 0 Å². The molecule has 1 amide bonds. The van der Waals surface area contributed by atoms with Gasteiger partial charge in [0.2, 0.25) is 5.91 Å². The molecule has 1 aromatic rings. The summed E-state index contributed by atoms with van der Waals surface area (Å²) < 4.78 is 27.2. The van der Waals surface area contributed by atoms with Gasteiger partial charge in [0.1, 0.15) is 0 Å². The average Bonchev–Trinajstić information content (AvgIpc) is 2.36. The molecule has 0 atom stereocenters. The molecule has 0 spiro atoms. The Hall–Kier alpha value is -1.44. The van der Waals surface area contributed by atoms with Gasteiger partial charge in [0.05, 0.1) is 6.54 Å². The Morgan fingerprint density at radius 1 is 1.17 bits per heavy atom. The van der Waals surface area contributed by atoms with Crippen molar-refractivity contribution in [2.45, 2.75) is 13.3 Å². The van der Waals surface area contributed by atoms with Crippen LogP contribution in [-0.2, 0) is 15.0 Å². The molecule has 0 aliphatic carbocycles. The second kappa shape index (κ2) is 7.10. The van der Waals surface area contributed by atoms with E-state index >= 15 is 0 Å². The van der Waals surface area contributed by atoms with Crippen molar-refractivity contribution in [2.24, 2.45) is 0 Å². The van der Waals surface area contributed by atoms with Gasteiger partial charge in [-0.05, 0) is 18.6 Å². The van der Waals surface area contributed by atoms with E-state index in [1.54, 1.807) is 24.3 Å². The number of carbonyl (C=O) groups excluding carboxylic acids is 1. The molecular weight excluding hydrogens is 254 g/mol. The summed E-state index contributed by atoms with van der Waals surface area (Å²) in [5, 5.41) is 2.58. The number of amides is 1. The first-order valence-corrected chi connectivity index (χ1v) is 7.11. The van der Waals surface area contributed by atoms with Crippen molar-refractivity contribution in [1.82, 2.24) is 9.44 Å². The van der Waals surface area contributed by atoms with E-state index in [9.17, 15) is 13.2 Å². The van der Waals surface area contributed by atoms with Crippen LogP contribution in [-0.4, -0.2) is 27.4 Å². The average molecular weight is 271 g/mol. The number of rotatable bonds is 7. The summed E-state index contributed by atoms with van der Waals surface area (Å²) in [7, 11) is -3.59. The molecule has 0 aliphatic rings. The number of benzene rings is 1. The van der Waals surface area contributed by atoms with Gasteiger partial charge >= 0.3 is 0 Å². The van der Waals surface area contributed by atoms with Crippen molar-refractivity contribution in [3.05, 3.63) is 30.3 Å². The highest BCUT2D eigenvalue weighted by Gasteiger charge is 2.10. The van der Waals surface area contributed by atoms with E-state index in [0.717, 1.165) is 0 Å². The van der Waals surface area contributed by atoms with E-state index in [1.165, 1.54) is 0 Å². The standard InChI is InChI=1S/C11H17N3O3S/c1-2-8-12-18(16,17)13-9-11(15)14-10-6-4-3-5-7-10/h3-7,12-13H,2,8-9H2,1H3,(H,14,15). The topological polar surface area (TPSA) is 87.3 Å². The molecule has 0 bridgehead atoms. The molecule has 0 heterocycles. The van der Waals surface area contributed by atoms with Gasteiger partial charge in [-0.2, -0.15) is 13.1 Å². The molecule has 0 aromatic heterocycles. The third-order valence-corrected chi connectivity index (χ3v) is 3.13. The van der Waals surface area contributed by atoms with E-state index in [-0.39, 0.29) is 6.54 Å². The van der Waals surface area contributed by atoms with Crippen LogP contribution in [0.1, 0.15) is 13.3 Å². The minimum atomic E-state index is -3.59. The molecule has 3 N–H and O–H groups in total. The van der Waals surface area contributed by atoms with Crippen molar-refractivity contribution >= 4 is 21.8 Å². The Balaban J connectivity index is 2.38. The van der Waals surface area contributed by atoms with Gasteiger partial charge in [0.25, 0.3) is 10.2 Å². The molecule has 1 aromatic carbocycles. The number of anilines is 1. The lowest BCUT2D eigenvalue weighted by Crippen LogP contribution is -2.40. The van der Waals surface area contributed by atoms with Gasteiger partial charge in [-0.1, -0.05) is 25.1 Å². The molecule has 100 valence electrons. The van der Waals surface area contributed by atoms with Crippen molar-refractivity contribution in [3.63, 3.8) is 0 Å². The minimum Gasteiger partial charge on any atom is -0.325 e. The molecule has 18 heavy (non-hydrogen) atoms. The molecule has 0 saturated carbocycles. The SMILES string of the molecule is CCCNS(=O)(=O)NCC(=O)Nc1ccccc1. The third kappa shape index (κ3) is 5.76. The summed E-state index contributed by atoms with van der Waals surface area (Å²) in [6.07, 6.45) is 0.692. The fourth-order valence-electron chi connectivity index (χ4n) is 1.17. The Bertz CT molecular complexity index is 474. The summed E-state index contributed by atoms with van der Waals surface area (Å²) in [5.74, 6) is -0.414. The highest BCUT2D eigenvalue weighted by molar-refractivity contribution is 7.87. The quantitative estimate of drug-likeness (QED) is 0.673. The maximum absolute atomic E-state index is 11.5. The van der Waals surface area contributed by atoms with Crippen molar-refractivity contribution < 1.29 is 13.2 Å². The van der Waals surface area contributed by atoms with E-state index in [1.807, 2.05) is 13.0 Å². The first-order chi connectivity index (χ1) is 8.53.